The molecule has 1 aliphatic rings. The van der Waals surface area contributed by atoms with Gasteiger partial charge in [0.05, 0.1) is 6.04 Å². The zero-order chi connectivity index (χ0) is 16.2. The van der Waals surface area contributed by atoms with Crippen molar-refractivity contribution in [1.82, 2.24) is 10.6 Å². The molecular formula is C18H26N2O2. The van der Waals surface area contributed by atoms with Gasteiger partial charge in [-0.1, -0.05) is 44.2 Å². The Morgan fingerprint density at radius 1 is 1.09 bits per heavy atom. The van der Waals surface area contributed by atoms with Gasteiger partial charge in [0.1, 0.15) is 5.41 Å². The van der Waals surface area contributed by atoms with Gasteiger partial charge in [-0.15, -0.1) is 0 Å². The molecule has 2 N–H and O–H groups in total. The minimum absolute atomic E-state index is 0.0883. The third-order valence-corrected chi connectivity index (χ3v) is 4.27. The van der Waals surface area contributed by atoms with Crippen LogP contribution in [0.4, 0.5) is 0 Å². The van der Waals surface area contributed by atoms with Crippen LogP contribution in [-0.4, -0.2) is 18.4 Å². The summed E-state index contributed by atoms with van der Waals surface area (Å²) in [7, 11) is 0. The Morgan fingerprint density at radius 2 is 1.73 bits per heavy atom. The summed E-state index contributed by atoms with van der Waals surface area (Å²) in [6.45, 7) is 6.82. The molecule has 1 aromatic carbocycles. The van der Waals surface area contributed by atoms with E-state index in [0.717, 1.165) is 12.0 Å². The van der Waals surface area contributed by atoms with Crippen LogP contribution in [0.1, 0.15) is 51.6 Å². The van der Waals surface area contributed by atoms with Crippen molar-refractivity contribution in [2.45, 2.75) is 46.1 Å². The number of carbonyl (C=O) groups is 2. The molecule has 0 radical (unpaired) electrons. The summed E-state index contributed by atoms with van der Waals surface area (Å²) >= 11 is 0. The summed E-state index contributed by atoms with van der Waals surface area (Å²) in [6.07, 6.45) is 2.23. The van der Waals surface area contributed by atoms with Crippen LogP contribution in [0, 0.1) is 11.3 Å². The van der Waals surface area contributed by atoms with E-state index in [1.54, 1.807) is 0 Å². The molecule has 0 bridgehead atoms. The summed E-state index contributed by atoms with van der Waals surface area (Å²) in [5, 5.41) is 5.89. The average Bonchev–Trinajstić information content (AvgIpc) is 3.29. The Hall–Kier alpha value is -1.84. The molecular weight excluding hydrogens is 276 g/mol. The Balaban J connectivity index is 1.90. The largest absolute Gasteiger partial charge is 0.355 e. The van der Waals surface area contributed by atoms with Gasteiger partial charge in [-0.05, 0) is 37.7 Å². The SMILES string of the molecule is CC(C)CCNC(=O)C1(C(=O)NC(C)c2ccccc2)CC1. The summed E-state index contributed by atoms with van der Waals surface area (Å²) in [4.78, 5) is 24.8. The molecule has 1 atom stereocenters. The van der Waals surface area contributed by atoms with Crippen LogP contribution in [0.5, 0.6) is 0 Å². The van der Waals surface area contributed by atoms with Crippen LogP contribution < -0.4 is 10.6 Å². The molecule has 4 heteroatoms. The van der Waals surface area contributed by atoms with Crippen molar-refractivity contribution < 1.29 is 9.59 Å². The van der Waals surface area contributed by atoms with E-state index in [-0.39, 0.29) is 17.9 Å². The first kappa shape index (κ1) is 16.5. The van der Waals surface area contributed by atoms with Crippen LogP contribution in [-0.2, 0) is 9.59 Å². The standard InChI is InChI=1S/C18H26N2O2/c1-13(2)9-12-19-16(21)18(10-11-18)17(22)20-14(3)15-7-5-4-6-8-15/h4-8,13-14H,9-12H2,1-3H3,(H,19,21)(H,20,22). The van der Waals surface area contributed by atoms with Crippen molar-refractivity contribution >= 4 is 11.8 Å². The highest BCUT2D eigenvalue weighted by atomic mass is 16.2. The predicted molar refractivity (Wildman–Crippen MR) is 87.1 cm³/mol. The van der Waals surface area contributed by atoms with Crippen molar-refractivity contribution in [2.24, 2.45) is 11.3 Å². The van der Waals surface area contributed by atoms with Crippen molar-refractivity contribution in [3.63, 3.8) is 0 Å². The van der Waals surface area contributed by atoms with E-state index >= 15 is 0 Å². The number of carbonyl (C=O) groups excluding carboxylic acids is 2. The molecule has 0 aromatic heterocycles. The fourth-order valence-corrected chi connectivity index (χ4v) is 2.49. The lowest BCUT2D eigenvalue weighted by molar-refractivity contribution is -0.137. The monoisotopic (exact) mass is 302 g/mol. The minimum Gasteiger partial charge on any atom is -0.355 e. The van der Waals surface area contributed by atoms with E-state index in [0.29, 0.717) is 25.3 Å². The summed E-state index contributed by atoms with van der Waals surface area (Å²) in [5.41, 5.74) is 0.215. The van der Waals surface area contributed by atoms with Crippen LogP contribution in [0.2, 0.25) is 0 Å². The highest BCUT2D eigenvalue weighted by molar-refractivity contribution is 6.07. The maximum Gasteiger partial charge on any atom is 0.236 e. The van der Waals surface area contributed by atoms with Crippen molar-refractivity contribution in [3.8, 4) is 0 Å². The first-order valence-corrected chi connectivity index (χ1v) is 8.10. The molecule has 0 saturated heterocycles. The Morgan fingerprint density at radius 3 is 2.27 bits per heavy atom. The zero-order valence-corrected chi connectivity index (χ0v) is 13.7. The number of hydrogen-bond donors (Lipinski definition) is 2. The molecule has 22 heavy (non-hydrogen) atoms. The second-order valence-electron chi connectivity index (χ2n) is 6.63. The Kier molecular flexibility index (Phi) is 5.22. The number of benzene rings is 1. The second kappa shape index (κ2) is 6.95. The van der Waals surface area contributed by atoms with Gasteiger partial charge in [-0.2, -0.15) is 0 Å². The van der Waals surface area contributed by atoms with E-state index < -0.39 is 5.41 Å². The van der Waals surface area contributed by atoms with Gasteiger partial charge in [0.2, 0.25) is 11.8 Å². The molecule has 2 rings (SSSR count). The van der Waals surface area contributed by atoms with Crippen LogP contribution in [0.25, 0.3) is 0 Å². The van der Waals surface area contributed by atoms with E-state index in [1.165, 1.54) is 0 Å². The normalized spacial score (nSPS) is 16.9. The minimum atomic E-state index is -0.833. The molecule has 0 heterocycles. The smallest absolute Gasteiger partial charge is 0.236 e. The van der Waals surface area contributed by atoms with Gasteiger partial charge >= 0.3 is 0 Å². The Bertz CT molecular complexity index is 521. The Labute approximate surface area is 132 Å². The molecule has 1 aromatic rings. The van der Waals surface area contributed by atoms with Crippen molar-refractivity contribution in [1.29, 1.82) is 0 Å². The van der Waals surface area contributed by atoms with Crippen molar-refractivity contribution in [3.05, 3.63) is 35.9 Å². The lowest BCUT2D eigenvalue weighted by Gasteiger charge is -2.20. The number of hydrogen-bond acceptors (Lipinski definition) is 2. The van der Waals surface area contributed by atoms with Gasteiger partial charge in [-0.25, -0.2) is 0 Å². The molecule has 1 unspecified atom stereocenters. The van der Waals surface area contributed by atoms with Gasteiger partial charge in [0.15, 0.2) is 0 Å². The highest BCUT2D eigenvalue weighted by Crippen LogP contribution is 2.46. The molecule has 120 valence electrons. The van der Waals surface area contributed by atoms with Crippen LogP contribution in [0.3, 0.4) is 0 Å². The molecule has 2 amide bonds. The third-order valence-electron chi connectivity index (χ3n) is 4.27. The first-order valence-electron chi connectivity index (χ1n) is 8.10. The maximum absolute atomic E-state index is 12.5. The third kappa shape index (κ3) is 3.87. The fourth-order valence-electron chi connectivity index (χ4n) is 2.49. The molecule has 0 spiro atoms. The van der Waals surface area contributed by atoms with Gasteiger partial charge in [-0.3, -0.25) is 9.59 Å². The first-order chi connectivity index (χ1) is 10.5. The van der Waals surface area contributed by atoms with Gasteiger partial charge in [0, 0.05) is 6.54 Å². The van der Waals surface area contributed by atoms with Crippen LogP contribution in [0.15, 0.2) is 30.3 Å². The highest BCUT2D eigenvalue weighted by Gasteiger charge is 2.56. The van der Waals surface area contributed by atoms with Crippen molar-refractivity contribution in [2.75, 3.05) is 6.54 Å². The molecule has 4 nitrogen and oxygen atoms in total. The maximum atomic E-state index is 12.5. The van der Waals surface area contributed by atoms with E-state index in [4.69, 9.17) is 0 Å². The number of rotatable bonds is 7. The molecule has 1 saturated carbocycles. The zero-order valence-electron chi connectivity index (χ0n) is 13.7. The van der Waals surface area contributed by atoms with E-state index in [2.05, 4.69) is 24.5 Å². The number of amides is 2. The topological polar surface area (TPSA) is 58.2 Å². The summed E-state index contributed by atoms with van der Waals surface area (Å²) < 4.78 is 0. The second-order valence-corrected chi connectivity index (χ2v) is 6.63. The summed E-state index contributed by atoms with van der Waals surface area (Å²) in [5.74, 6) is 0.277. The number of nitrogens with one attached hydrogen (secondary N) is 2. The van der Waals surface area contributed by atoms with E-state index in [1.807, 2.05) is 37.3 Å². The summed E-state index contributed by atoms with van der Waals surface area (Å²) in [6, 6.07) is 9.71. The average molecular weight is 302 g/mol. The fraction of sp³-hybridized carbons (Fsp3) is 0.556. The van der Waals surface area contributed by atoms with E-state index in [9.17, 15) is 9.59 Å². The molecule has 1 fully saturated rings. The van der Waals surface area contributed by atoms with Gasteiger partial charge in [0.25, 0.3) is 0 Å². The molecule has 0 aliphatic heterocycles. The lowest BCUT2D eigenvalue weighted by atomic mass is 10.0. The molecule has 1 aliphatic carbocycles. The lowest BCUT2D eigenvalue weighted by Crippen LogP contribution is -2.44. The predicted octanol–water partition coefficient (Wildman–Crippen LogP) is 2.81. The van der Waals surface area contributed by atoms with Gasteiger partial charge < -0.3 is 10.6 Å². The van der Waals surface area contributed by atoms with Crippen LogP contribution >= 0.6 is 0 Å². The quantitative estimate of drug-likeness (QED) is 0.761.